The van der Waals surface area contributed by atoms with Gasteiger partial charge >= 0.3 is 0 Å². The lowest BCUT2D eigenvalue weighted by Crippen LogP contribution is -2.14. The van der Waals surface area contributed by atoms with Gasteiger partial charge in [0.15, 0.2) is 5.03 Å². The van der Waals surface area contributed by atoms with Gasteiger partial charge in [-0.1, -0.05) is 0 Å². The molecule has 6 nitrogen and oxygen atoms in total. The van der Waals surface area contributed by atoms with E-state index in [2.05, 4.69) is 9.71 Å². The molecule has 0 bridgehead atoms. The number of imidazole rings is 1. The lowest BCUT2D eigenvalue weighted by molar-refractivity contribution is 0.598. The fourth-order valence-electron chi connectivity index (χ4n) is 1.42. The summed E-state index contributed by atoms with van der Waals surface area (Å²) in [6, 6.07) is 4.93. The first-order valence-electron chi connectivity index (χ1n) is 5.13. The molecule has 98 valence electrons. The number of halogens is 1. The van der Waals surface area contributed by atoms with Crippen molar-refractivity contribution in [3.05, 3.63) is 42.1 Å². The number of nitriles is 1. The summed E-state index contributed by atoms with van der Waals surface area (Å²) >= 11 is 0. The fourth-order valence-corrected chi connectivity index (χ4v) is 2.49. The third-order valence-corrected chi connectivity index (χ3v) is 3.55. The van der Waals surface area contributed by atoms with E-state index in [1.54, 1.807) is 13.1 Å². The second-order valence-electron chi connectivity index (χ2n) is 3.78. The van der Waals surface area contributed by atoms with E-state index in [-0.39, 0.29) is 16.3 Å². The molecule has 0 aliphatic heterocycles. The Bertz CT molecular complexity index is 761. The molecule has 0 unspecified atom stereocenters. The Labute approximate surface area is 109 Å². The van der Waals surface area contributed by atoms with Gasteiger partial charge in [-0.2, -0.15) is 13.7 Å². The number of nitrogens with zero attached hydrogens (tertiary/aromatic N) is 3. The van der Waals surface area contributed by atoms with Gasteiger partial charge in [-0.25, -0.2) is 9.37 Å². The molecular weight excluding hydrogens is 271 g/mol. The van der Waals surface area contributed by atoms with Crippen LogP contribution in [0.25, 0.3) is 0 Å². The molecule has 1 aromatic heterocycles. The highest BCUT2D eigenvalue weighted by Crippen LogP contribution is 2.19. The quantitative estimate of drug-likeness (QED) is 0.916. The summed E-state index contributed by atoms with van der Waals surface area (Å²) in [5, 5.41) is 8.67. The zero-order valence-corrected chi connectivity index (χ0v) is 10.6. The molecule has 0 atom stereocenters. The van der Waals surface area contributed by atoms with Crippen molar-refractivity contribution in [1.82, 2.24) is 9.55 Å². The number of aromatic nitrogens is 2. The zero-order chi connectivity index (χ0) is 14.0. The Morgan fingerprint density at radius 1 is 1.47 bits per heavy atom. The van der Waals surface area contributed by atoms with Gasteiger partial charge in [-0.15, -0.1) is 0 Å². The first-order chi connectivity index (χ1) is 8.92. The number of aryl methyl sites for hydroxylation is 1. The van der Waals surface area contributed by atoms with Crippen molar-refractivity contribution in [2.24, 2.45) is 7.05 Å². The van der Waals surface area contributed by atoms with Gasteiger partial charge in [0.05, 0.1) is 17.6 Å². The summed E-state index contributed by atoms with van der Waals surface area (Å²) in [5.41, 5.74) is -0.0888. The third-order valence-electron chi connectivity index (χ3n) is 2.30. The largest absolute Gasteiger partial charge is 0.339 e. The van der Waals surface area contributed by atoms with Gasteiger partial charge < -0.3 is 4.57 Å². The number of nitrogens with one attached hydrogen (secondary N) is 1. The van der Waals surface area contributed by atoms with Gasteiger partial charge in [-0.05, 0) is 18.2 Å². The number of hydrogen-bond acceptors (Lipinski definition) is 4. The van der Waals surface area contributed by atoms with Crippen molar-refractivity contribution in [2.75, 3.05) is 4.72 Å². The standard InChI is InChI=1S/C11H9FN4O2S/c1-16-6-11(14-7-16)19(17,18)15-10-3-2-9(12)4-8(10)5-13/h2-4,6-7,15H,1H3. The van der Waals surface area contributed by atoms with E-state index >= 15 is 0 Å². The predicted molar refractivity (Wildman–Crippen MR) is 65.1 cm³/mol. The lowest BCUT2D eigenvalue weighted by Gasteiger charge is -2.07. The van der Waals surface area contributed by atoms with E-state index < -0.39 is 15.8 Å². The second-order valence-corrected chi connectivity index (χ2v) is 5.41. The molecule has 2 rings (SSSR count). The van der Waals surface area contributed by atoms with Crippen LogP contribution in [0.3, 0.4) is 0 Å². The summed E-state index contributed by atoms with van der Waals surface area (Å²) < 4.78 is 40.6. The van der Waals surface area contributed by atoms with Crippen molar-refractivity contribution < 1.29 is 12.8 Å². The molecule has 1 aromatic carbocycles. The van der Waals surface area contributed by atoms with E-state index in [1.165, 1.54) is 23.2 Å². The van der Waals surface area contributed by atoms with Crippen LogP contribution in [0.2, 0.25) is 0 Å². The number of anilines is 1. The van der Waals surface area contributed by atoms with Crippen LogP contribution in [0.1, 0.15) is 5.56 Å². The van der Waals surface area contributed by atoms with Gasteiger partial charge in [0.25, 0.3) is 10.0 Å². The number of rotatable bonds is 3. The average molecular weight is 280 g/mol. The molecule has 1 N–H and O–H groups in total. The Hall–Kier alpha value is -2.40. The van der Waals surface area contributed by atoms with Crippen LogP contribution in [0.4, 0.5) is 10.1 Å². The summed E-state index contributed by atoms with van der Waals surface area (Å²) in [6.07, 6.45) is 2.66. The van der Waals surface area contributed by atoms with E-state index in [0.29, 0.717) is 0 Å². The van der Waals surface area contributed by atoms with E-state index in [0.717, 1.165) is 12.1 Å². The summed E-state index contributed by atoms with van der Waals surface area (Å²) in [7, 11) is -2.26. The van der Waals surface area contributed by atoms with E-state index in [1.807, 2.05) is 0 Å². The minimum Gasteiger partial charge on any atom is -0.339 e. The van der Waals surface area contributed by atoms with Crippen LogP contribution < -0.4 is 4.72 Å². The molecule has 8 heteroatoms. The van der Waals surface area contributed by atoms with Crippen LogP contribution in [0.5, 0.6) is 0 Å². The minimum atomic E-state index is -3.89. The SMILES string of the molecule is Cn1cnc(S(=O)(=O)Nc2ccc(F)cc2C#N)c1. The summed E-state index contributed by atoms with van der Waals surface area (Å²) in [4.78, 5) is 3.71. The first kappa shape index (κ1) is 13.0. The molecule has 19 heavy (non-hydrogen) atoms. The number of hydrogen-bond donors (Lipinski definition) is 1. The minimum absolute atomic E-state index is 0.00885. The van der Waals surface area contributed by atoms with Gasteiger partial charge in [0.1, 0.15) is 11.9 Å². The molecule has 0 radical (unpaired) electrons. The topological polar surface area (TPSA) is 87.8 Å². The van der Waals surface area contributed by atoms with Crippen molar-refractivity contribution in [2.45, 2.75) is 5.03 Å². The van der Waals surface area contributed by atoms with Crippen molar-refractivity contribution in [1.29, 1.82) is 5.26 Å². The highest BCUT2D eigenvalue weighted by Gasteiger charge is 2.18. The third kappa shape index (κ3) is 2.71. The fraction of sp³-hybridized carbons (Fsp3) is 0.0909. The Balaban J connectivity index is 2.39. The number of sulfonamides is 1. The first-order valence-corrected chi connectivity index (χ1v) is 6.61. The van der Waals surface area contributed by atoms with Crippen molar-refractivity contribution >= 4 is 15.7 Å². The highest BCUT2D eigenvalue weighted by molar-refractivity contribution is 7.92. The van der Waals surface area contributed by atoms with Crippen LogP contribution in [0.15, 0.2) is 35.7 Å². The van der Waals surface area contributed by atoms with Crippen LogP contribution in [0, 0.1) is 17.1 Å². The van der Waals surface area contributed by atoms with Gasteiger partial charge in [0.2, 0.25) is 0 Å². The van der Waals surface area contributed by atoms with Crippen molar-refractivity contribution in [3.63, 3.8) is 0 Å². The molecule has 2 aromatic rings. The van der Waals surface area contributed by atoms with Crippen LogP contribution in [-0.4, -0.2) is 18.0 Å². The molecule has 1 heterocycles. The van der Waals surface area contributed by atoms with E-state index in [9.17, 15) is 12.8 Å². The average Bonchev–Trinajstić information content (AvgIpc) is 2.79. The normalized spacial score (nSPS) is 11.0. The molecule has 0 saturated carbocycles. The monoisotopic (exact) mass is 280 g/mol. The maximum absolute atomic E-state index is 12.9. The van der Waals surface area contributed by atoms with Crippen LogP contribution >= 0.6 is 0 Å². The Morgan fingerprint density at radius 3 is 2.79 bits per heavy atom. The summed E-state index contributed by atoms with van der Waals surface area (Å²) in [5.74, 6) is -0.614. The molecule has 0 aliphatic carbocycles. The maximum atomic E-state index is 12.9. The van der Waals surface area contributed by atoms with Gasteiger partial charge in [0, 0.05) is 13.2 Å². The summed E-state index contributed by atoms with van der Waals surface area (Å²) in [6.45, 7) is 0. The number of benzene rings is 1. The maximum Gasteiger partial charge on any atom is 0.280 e. The van der Waals surface area contributed by atoms with Crippen molar-refractivity contribution in [3.8, 4) is 6.07 Å². The highest BCUT2D eigenvalue weighted by atomic mass is 32.2. The lowest BCUT2D eigenvalue weighted by atomic mass is 10.2. The van der Waals surface area contributed by atoms with Gasteiger partial charge in [-0.3, -0.25) is 4.72 Å². The second kappa shape index (κ2) is 4.70. The smallest absolute Gasteiger partial charge is 0.280 e. The predicted octanol–water partition coefficient (Wildman–Crippen LogP) is 1.23. The molecular formula is C11H9FN4O2S. The molecule has 0 saturated heterocycles. The molecule has 0 spiro atoms. The Kier molecular flexibility index (Phi) is 3.23. The Morgan fingerprint density at radius 2 is 2.21 bits per heavy atom. The van der Waals surface area contributed by atoms with Crippen LogP contribution in [-0.2, 0) is 17.1 Å². The molecule has 0 amide bonds. The molecule has 0 aliphatic rings. The zero-order valence-electron chi connectivity index (χ0n) is 9.83. The van der Waals surface area contributed by atoms with E-state index in [4.69, 9.17) is 5.26 Å². The molecule has 0 fully saturated rings.